The molecule has 1 aromatic carbocycles. The molecule has 4 atom stereocenters. The Labute approximate surface area is 213 Å². The van der Waals surface area contributed by atoms with Gasteiger partial charge in [0, 0.05) is 19.5 Å². The third-order valence-electron chi connectivity index (χ3n) is 6.72. The van der Waals surface area contributed by atoms with E-state index in [2.05, 4.69) is 0 Å². The minimum atomic E-state index is -0.689. The van der Waals surface area contributed by atoms with Gasteiger partial charge in [0.05, 0.1) is 37.3 Å². The minimum Gasteiger partial charge on any atom is -0.460 e. The van der Waals surface area contributed by atoms with Crippen LogP contribution in [0.4, 0.5) is 4.39 Å². The highest BCUT2D eigenvalue weighted by Crippen LogP contribution is 2.36. The highest BCUT2D eigenvalue weighted by Gasteiger charge is 2.53. The Kier molecular flexibility index (Phi) is 8.45. The first-order valence-electron chi connectivity index (χ1n) is 12.6. The number of likely N-dealkylation sites (tertiary alicyclic amines) is 2. The van der Waals surface area contributed by atoms with Crippen molar-refractivity contribution in [1.82, 2.24) is 9.80 Å². The molecule has 9 heteroatoms. The van der Waals surface area contributed by atoms with E-state index < -0.39 is 29.1 Å². The number of hydrogen-bond acceptors (Lipinski definition) is 6. The van der Waals surface area contributed by atoms with Crippen molar-refractivity contribution in [2.24, 2.45) is 11.1 Å². The number of esters is 1. The van der Waals surface area contributed by atoms with Gasteiger partial charge in [0.2, 0.25) is 11.8 Å². The van der Waals surface area contributed by atoms with Gasteiger partial charge < -0.3 is 25.0 Å². The number of ether oxygens (including phenoxy) is 2. The predicted molar refractivity (Wildman–Crippen MR) is 133 cm³/mol. The Balaban J connectivity index is 1.75. The van der Waals surface area contributed by atoms with E-state index in [0.717, 1.165) is 5.56 Å². The summed E-state index contributed by atoms with van der Waals surface area (Å²) in [6.07, 6.45) is 0.201. The van der Waals surface area contributed by atoms with Crippen LogP contribution in [0.25, 0.3) is 0 Å². The maximum atomic E-state index is 13.4. The molecule has 0 saturated carbocycles. The monoisotopic (exact) mass is 505 g/mol. The van der Waals surface area contributed by atoms with Crippen molar-refractivity contribution in [1.29, 1.82) is 0 Å². The average Bonchev–Trinajstić information content (AvgIpc) is 3.35. The van der Waals surface area contributed by atoms with Crippen LogP contribution in [0.1, 0.15) is 66.4 Å². The largest absolute Gasteiger partial charge is 0.460 e. The third-order valence-corrected chi connectivity index (χ3v) is 6.72. The molecule has 2 saturated heterocycles. The molecule has 8 nitrogen and oxygen atoms in total. The van der Waals surface area contributed by atoms with Gasteiger partial charge in [-0.3, -0.25) is 14.4 Å². The maximum absolute atomic E-state index is 13.4. The lowest BCUT2D eigenvalue weighted by molar-refractivity contribution is -0.156. The van der Waals surface area contributed by atoms with Gasteiger partial charge >= 0.3 is 5.97 Å². The molecule has 0 aliphatic carbocycles. The maximum Gasteiger partial charge on any atom is 0.306 e. The fraction of sp³-hybridized carbons (Fsp3) is 0.667. The van der Waals surface area contributed by atoms with Gasteiger partial charge in [-0.25, -0.2) is 4.39 Å². The number of amides is 2. The number of carbonyl (C=O) groups excluding carboxylic acids is 3. The van der Waals surface area contributed by atoms with Crippen molar-refractivity contribution in [2.75, 3.05) is 13.1 Å². The Hall–Kier alpha value is -2.52. The van der Waals surface area contributed by atoms with Crippen LogP contribution in [0.15, 0.2) is 24.3 Å². The van der Waals surface area contributed by atoms with E-state index >= 15 is 0 Å². The van der Waals surface area contributed by atoms with Crippen molar-refractivity contribution in [2.45, 2.75) is 97.2 Å². The predicted octanol–water partition coefficient (Wildman–Crippen LogP) is 3.02. The van der Waals surface area contributed by atoms with Crippen molar-refractivity contribution >= 4 is 17.8 Å². The van der Waals surface area contributed by atoms with E-state index in [4.69, 9.17) is 15.2 Å². The van der Waals surface area contributed by atoms with Crippen LogP contribution in [-0.4, -0.2) is 70.5 Å². The van der Waals surface area contributed by atoms with E-state index in [-0.39, 0.29) is 49.2 Å². The van der Waals surface area contributed by atoms with Gasteiger partial charge in [0.25, 0.3) is 0 Å². The van der Waals surface area contributed by atoms with Gasteiger partial charge in [0.15, 0.2) is 0 Å². The molecule has 2 heterocycles. The molecule has 1 aromatic rings. The number of fused-ring (bicyclic) bond motifs is 1. The smallest absolute Gasteiger partial charge is 0.306 e. The first-order chi connectivity index (χ1) is 16.7. The molecule has 200 valence electrons. The molecule has 0 radical (unpaired) electrons. The van der Waals surface area contributed by atoms with Crippen LogP contribution in [0.3, 0.4) is 0 Å². The summed E-state index contributed by atoms with van der Waals surface area (Å²) in [4.78, 5) is 42.2. The number of benzene rings is 1. The molecule has 2 amide bonds. The van der Waals surface area contributed by atoms with Crippen LogP contribution in [0.5, 0.6) is 0 Å². The number of hydrogen-bond donors (Lipinski definition) is 1. The van der Waals surface area contributed by atoms with Gasteiger partial charge in [-0.2, -0.15) is 0 Å². The fourth-order valence-corrected chi connectivity index (χ4v) is 4.80. The third kappa shape index (κ3) is 6.82. The topological polar surface area (TPSA) is 102 Å². The lowest BCUT2D eigenvalue weighted by Gasteiger charge is -2.34. The fourth-order valence-electron chi connectivity index (χ4n) is 4.80. The van der Waals surface area contributed by atoms with Crippen molar-refractivity contribution in [3.8, 4) is 0 Å². The number of nitrogens with two attached hydrogens (primary N) is 1. The molecule has 2 fully saturated rings. The van der Waals surface area contributed by atoms with E-state index in [1.54, 1.807) is 42.7 Å². The Morgan fingerprint density at radius 1 is 1.06 bits per heavy atom. The molecule has 2 N–H and O–H groups in total. The first kappa shape index (κ1) is 28.1. The zero-order valence-corrected chi connectivity index (χ0v) is 22.3. The first-order valence-corrected chi connectivity index (χ1v) is 12.6. The van der Waals surface area contributed by atoms with Gasteiger partial charge in [0.1, 0.15) is 11.4 Å². The lowest BCUT2D eigenvalue weighted by Crippen LogP contribution is -2.55. The second-order valence-corrected chi connectivity index (χ2v) is 11.8. The normalized spacial score (nSPS) is 22.9. The van der Waals surface area contributed by atoms with Crippen LogP contribution in [-0.2, 0) is 30.5 Å². The van der Waals surface area contributed by atoms with E-state index in [1.165, 1.54) is 12.1 Å². The van der Waals surface area contributed by atoms with Crippen LogP contribution in [0.2, 0.25) is 0 Å². The summed E-state index contributed by atoms with van der Waals surface area (Å²) in [7, 11) is 0. The molecule has 36 heavy (non-hydrogen) atoms. The zero-order chi connectivity index (χ0) is 26.8. The van der Waals surface area contributed by atoms with Crippen LogP contribution >= 0.6 is 0 Å². The SMILES string of the molecule is CC(C)(C)OC(=O)CCC(=O)N1C[C@H](OCc2ccc(F)cc2)[C@@H]2[C@H]1CCN2C(=O)[C@@H](N)C(C)(C)C. The molecule has 2 aliphatic heterocycles. The van der Waals surface area contributed by atoms with Gasteiger partial charge in [-0.15, -0.1) is 0 Å². The van der Waals surface area contributed by atoms with Gasteiger partial charge in [-0.05, 0) is 50.3 Å². The summed E-state index contributed by atoms with van der Waals surface area (Å²) in [5.74, 6) is -1.08. The summed E-state index contributed by atoms with van der Waals surface area (Å²) in [5, 5.41) is 0. The highest BCUT2D eigenvalue weighted by molar-refractivity contribution is 5.85. The molecule has 0 unspecified atom stereocenters. The molecular formula is C27H40FN3O5. The zero-order valence-electron chi connectivity index (χ0n) is 22.3. The molecule has 0 spiro atoms. The van der Waals surface area contributed by atoms with Crippen LogP contribution < -0.4 is 5.73 Å². The Morgan fingerprint density at radius 2 is 1.69 bits per heavy atom. The number of halogens is 1. The lowest BCUT2D eigenvalue weighted by atomic mass is 9.86. The van der Waals surface area contributed by atoms with Crippen molar-refractivity contribution in [3.63, 3.8) is 0 Å². The second kappa shape index (κ2) is 10.8. The average molecular weight is 506 g/mol. The molecule has 2 aliphatic rings. The number of carbonyl (C=O) groups is 3. The minimum absolute atomic E-state index is 0.0113. The number of nitrogens with zero attached hydrogens (tertiary/aromatic N) is 2. The summed E-state index contributed by atoms with van der Waals surface area (Å²) in [5.41, 5.74) is 6.07. The Bertz CT molecular complexity index is 954. The molecule has 3 rings (SSSR count). The second-order valence-electron chi connectivity index (χ2n) is 11.8. The Morgan fingerprint density at radius 3 is 2.28 bits per heavy atom. The van der Waals surface area contributed by atoms with Crippen molar-refractivity contribution < 1.29 is 28.2 Å². The summed E-state index contributed by atoms with van der Waals surface area (Å²) < 4.78 is 24.9. The van der Waals surface area contributed by atoms with E-state index in [9.17, 15) is 18.8 Å². The summed E-state index contributed by atoms with van der Waals surface area (Å²) in [6.45, 7) is 12.1. The highest BCUT2D eigenvalue weighted by atomic mass is 19.1. The number of rotatable bonds is 7. The van der Waals surface area contributed by atoms with E-state index in [1.807, 2.05) is 20.8 Å². The molecule has 0 bridgehead atoms. The van der Waals surface area contributed by atoms with Crippen molar-refractivity contribution in [3.05, 3.63) is 35.6 Å². The van der Waals surface area contributed by atoms with Crippen LogP contribution in [0, 0.1) is 11.2 Å². The molecular weight excluding hydrogens is 465 g/mol. The summed E-state index contributed by atoms with van der Waals surface area (Å²) in [6, 6.07) is 4.80. The van der Waals surface area contributed by atoms with Gasteiger partial charge in [-0.1, -0.05) is 32.9 Å². The van der Waals surface area contributed by atoms with E-state index in [0.29, 0.717) is 19.5 Å². The standard InChI is InChI=1S/C27H40FN3O5/c1-26(2,3)24(29)25(34)30-14-13-19-23(30)20(35-16-17-7-9-18(28)10-8-17)15-31(19)21(32)11-12-22(33)36-27(4,5)6/h7-10,19-20,23-24H,11-16,29H2,1-6H3/t19-,20+,23+,24-/m1/s1. The summed E-state index contributed by atoms with van der Waals surface area (Å²) >= 11 is 0. The molecule has 0 aromatic heterocycles. The quantitative estimate of drug-likeness (QED) is 0.572.